The van der Waals surface area contributed by atoms with Crippen LogP contribution in [0.25, 0.3) is 0 Å². The van der Waals surface area contributed by atoms with Crippen LogP contribution in [0.2, 0.25) is 0 Å². The zero-order valence-electron chi connectivity index (χ0n) is 10.3. The summed E-state index contributed by atoms with van der Waals surface area (Å²) in [4.78, 5) is 11.7. The second-order valence-electron chi connectivity index (χ2n) is 3.97. The summed E-state index contributed by atoms with van der Waals surface area (Å²) in [7, 11) is -5.01. The Labute approximate surface area is 139 Å². The summed E-state index contributed by atoms with van der Waals surface area (Å²) in [5.74, 6) is -3.59. The highest BCUT2D eigenvalue weighted by molar-refractivity contribution is 9.11. The zero-order valence-corrected chi connectivity index (χ0v) is 14.3. The molecular formula is C10H7Br2F3O6S. The number of rotatable bonds is 4. The molecule has 1 rings (SSSR count). The Morgan fingerprint density at radius 1 is 1.27 bits per heavy atom. The third-order valence-corrected chi connectivity index (χ3v) is 4.16. The van der Waals surface area contributed by atoms with Crippen molar-refractivity contribution in [3.8, 4) is 5.75 Å². The molecule has 0 saturated heterocycles. The SMILES string of the molecule is O=C(OC(CS(=O)(=O)O)C(F)(F)F)c1cc(Br)c(O)c(Br)c1. The Bertz CT molecular complexity index is 665. The van der Waals surface area contributed by atoms with Gasteiger partial charge in [-0.25, -0.2) is 4.79 Å². The van der Waals surface area contributed by atoms with E-state index in [-0.39, 0.29) is 20.3 Å². The smallest absolute Gasteiger partial charge is 0.426 e. The monoisotopic (exact) mass is 470 g/mol. The van der Waals surface area contributed by atoms with Gasteiger partial charge in [0.15, 0.2) is 0 Å². The van der Waals surface area contributed by atoms with E-state index in [0.717, 1.165) is 12.1 Å². The molecule has 0 aromatic heterocycles. The van der Waals surface area contributed by atoms with Crippen molar-refractivity contribution in [2.45, 2.75) is 12.3 Å². The molecular weight excluding hydrogens is 465 g/mol. The van der Waals surface area contributed by atoms with E-state index in [1.807, 2.05) is 0 Å². The van der Waals surface area contributed by atoms with Gasteiger partial charge in [0.2, 0.25) is 6.10 Å². The molecule has 0 saturated carbocycles. The van der Waals surface area contributed by atoms with Crippen LogP contribution in [-0.2, 0) is 14.9 Å². The summed E-state index contributed by atoms with van der Waals surface area (Å²) < 4.78 is 71.7. The maximum absolute atomic E-state index is 12.6. The highest BCUT2D eigenvalue weighted by Crippen LogP contribution is 2.34. The average Bonchev–Trinajstić information content (AvgIpc) is 2.31. The molecule has 0 heterocycles. The standard InChI is InChI=1S/C10H7Br2F3O6S/c11-5-1-4(2-6(12)8(5)16)9(17)21-7(10(13,14)15)3-22(18,19)20/h1-2,7,16H,3H2,(H,18,19,20). The van der Waals surface area contributed by atoms with Crippen LogP contribution in [-0.4, -0.2) is 42.1 Å². The van der Waals surface area contributed by atoms with E-state index in [4.69, 9.17) is 4.55 Å². The number of ether oxygens (including phenoxy) is 1. The molecule has 1 unspecified atom stereocenters. The number of phenolic OH excluding ortho intramolecular Hbond substituents is 1. The summed E-state index contributed by atoms with van der Waals surface area (Å²) in [6, 6.07) is 1.98. The fourth-order valence-electron chi connectivity index (χ4n) is 1.27. The van der Waals surface area contributed by atoms with Gasteiger partial charge in [0, 0.05) is 0 Å². The molecule has 2 N–H and O–H groups in total. The second-order valence-corrected chi connectivity index (χ2v) is 7.18. The minimum atomic E-state index is -5.18. The number of carbonyl (C=O) groups excluding carboxylic acids is 1. The van der Waals surface area contributed by atoms with Crippen LogP contribution in [0, 0.1) is 0 Å². The van der Waals surface area contributed by atoms with Crippen LogP contribution in [0.1, 0.15) is 10.4 Å². The predicted molar refractivity (Wildman–Crippen MR) is 75.2 cm³/mol. The van der Waals surface area contributed by atoms with Crippen molar-refractivity contribution in [3.63, 3.8) is 0 Å². The van der Waals surface area contributed by atoms with Gasteiger partial charge in [-0.15, -0.1) is 0 Å². The number of halogens is 5. The lowest BCUT2D eigenvalue weighted by atomic mass is 10.2. The van der Waals surface area contributed by atoms with Gasteiger partial charge in [-0.2, -0.15) is 21.6 Å². The lowest BCUT2D eigenvalue weighted by Gasteiger charge is -2.19. The molecule has 0 bridgehead atoms. The first-order valence-electron chi connectivity index (χ1n) is 5.22. The van der Waals surface area contributed by atoms with Crippen LogP contribution in [0.5, 0.6) is 5.75 Å². The number of esters is 1. The summed E-state index contributed by atoms with van der Waals surface area (Å²) in [6.07, 6.45) is -8.21. The topological polar surface area (TPSA) is 101 Å². The molecule has 0 spiro atoms. The summed E-state index contributed by atoms with van der Waals surface area (Å²) in [6.45, 7) is 0. The number of carbonyl (C=O) groups is 1. The summed E-state index contributed by atoms with van der Waals surface area (Å²) in [5.41, 5.74) is -0.374. The van der Waals surface area contributed by atoms with Crippen molar-refractivity contribution in [2.75, 3.05) is 5.75 Å². The van der Waals surface area contributed by atoms with Gasteiger partial charge in [0.05, 0.1) is 14.5 Å². The van der Waals surface area contributed by atoms with E-state index in [1.165, 1.54) is 0 Å². The largest absolute Gasteiger partial charge is 0.506 e. The van der Waals surface area contributed by atoms with Crippen molar-refractivity contribution < 1.29 is 40.8 Å². The fraction of sp³-hybridized carbons (Fsp3) is 0.300. The van der Waals surface area contributed by atoms with E-state index in [9.17, 15) is 31.5 Å². The molecule has 0 aliphatic heterocycles. The molecule has 1 aromatic rings. The quantitative estimate of drug-likeness (QED) is 0.517. The van der Waals surface area contributed by atoms with Crippen molar-refractivity contribution in [3.05, 3.63) is 26.6 Å². The van der Waals surface area contributed by atoms with Gasteiger partial charge in [0.25, 0.3) is 10.1 Å². The van der Waals surface area contributed by atoms with Crippen molar-refractivity contribution in [2.24, 2.45) is 0 Å². The molecule has 0 fully saturated rings. The van der Waals surface area contributed by atoms with Crippen molar-refractivity contribution in [1.29, 1.82) is 0 Å². The van der Waals surface area contributed by atoms with Crippen molar-refractivity contribution in [1.82, 2.24) is 0 Å². The van der Waals surface area contributed by atoms with E-state index in [0.29, 0.717) is 0 Å². The number of hydrogen-bond donors (Lipinski definition) is 2. The van der Waals surface area contributed by atoms with Crippen LogP contribution in [0.15, 0.2) is 21.1 Å². The van der Waals surface area contributed by atoms with E-state index >= 15 is 0 Å². The highest BCUT2D eigenvalue weighted by atomic mass is 79.9. The Hall–Kier alpha value is -0.850. The number of alkyl halides is 3. The third kappa shape index (κ3) is 5.41. The van der Waals surface area contributed by atoms with Gasteiger partial charge in [-0.1, -0.05) is 0 Å². The predicted octanol–water partition coefficient (Wildman–Crippen LogP) is 2.89. The number of hydrogen-bond acceptors (Lipinski definition) is 5. The third-order valence-electron chi connectivity index (χ3n) is 2.23. The highest BCUT2D eigenvalue weighted by Gasteiger charge is 2.45. The Balaban J connectivity index is 3.06. The van der Waals surface area contributed by atoms with Crippen LogP contribution in [0.4, 0.5) is 13.2 Å². The maximum Gasteiger partial charge on any atom is 0.426 e. The van der Waals surface area contributed by atoms with Crippen LogP contribution in [0.3, 0.4) is 0 Å². The Kier molecular flexibility index (Phi) is 5.87. The second kappa shape index (κ2) is 6.72. The lowest BCUT2D eigenvalue weighted by Crippen LogP contribution is -2.39. The molecule has 0 aliphatic carbocycles. The first-order chi connectivity index (χ1) is 9.81. The van der Waals surface area contributed by atoms with Gasteiger partial charge in [-0.3, -0.25) is 4.55 Å². The van der Waals surface area contributed by atoms with Crippen LogP contribution < -0.4 is 0 Å². The number of benzene rings is 1. The maximum atomic E-state index is 12.6. The van der Waals surface area contributed by atoms with Crippen LogP contribution >= 0.6 is 31.9 Å². The van der Waals surface area contributed by atoms with Gasteiger partial charge < -0.3 is 9.84 Å². The van der Waals surface area contributed by atoms with E-state index in [2.05, 4.69) is 36.6 Å². The summed E-state index contributed by atoms with van der Waals surface area (Å²) in [5, 5.41) is 9.44. The molecule has 1 aromatic carbocycles. The number of phenols is 1. The Morgan fingerprint density at radius 3 is 2.09 bits per heavy atom. The van der Waals surface area contributed by atoms with E-state index < -0.39 is 34.1 Å². The average molecular weight is 472 g/mol. The fourth-order valence-corrected chi connectivity index (χ4v) is 3.09. The molecule has 0 aliphatic rings. The first kappa shape index (κ1) is 19.2. The minimum Gasteiger partial charge on any atom is -0.506 e. The minimum absolute atomic E-state index is 0.00663. The molecule has 1 atom stereocenters. The number of aromatic hydroxyl groups is 1. The Morgan fingerprint density at radius 2 is 1.73 bits per heavy atom. The first-order valence-corrected chi connectivity index (χ1v) is 8.41. The molecule has 124 valence electrons. The molecule has 6 nitrogen and oxygen atoms in total. The molecule has 12 heteroatoms. The molecule has 0 amide bonds. The van der Waals surface area contributed by atoms with Gasteiger partial charge >= 0.3 is 12.1 Å². The van der Waals surface area contributed by atoms with Gasteiger partial charge in [0.1, 0.15) is 11.5 Å². The van der Waals surface area contributed by atoms with Gasteiger partial charge in [-0.05, 0) is 44.0 Å². The lowest BCUT2D eigenvalue weighted by molar-refractivity contribution is -0.197. The molecule has 22 heavy (non-hydrogen) atoms. The normalized spacial score (nSPS) is 13.7. The van der Waals surface area contributed by atoms with E-state index in [1.54, 1.807) is 0 Å². The molecule has 0 radical (unpaired) electrons. The summed E-state index contributed by atoms with van der Waals surface area (Å²) >= 11 is 5.75. The van der Waals surface area contributed by atoms with Crippen molar-refractivity contribution >= 4 is 47.9 Å². The zero-order chi connectivity index (χ0) is 17.3.